The molecular weight excluding hydrogens is 413 g/mol. The smallest absolute Gasteiger partial charge is 0.151 e. The topological polar surface area (TPSA) is 56.6 Å². The lowest BCUT2D eigenvalue weighted by molar-refractivity contribution is 0.182. The number of nitrogen functional groups attached to an aromatic ring is 1. The van der Waals surface area contributed by atoms with Gasteiger partial charge >= 0.3 is 0 Å². The van der Waals surface area contributed by atoms with E-state index in [0.29, 0.717) is 18.2 Å². The van der Waals surface area contributed by atoms with Gasteiger partial charge in [0, 0.05) is 42.3 Å². The molecule has 2 aliphatic rings. The van der Waals surface area contributed by atoms with Gasteiger partial charge < -0.3 is 16.0 Å². The van der Waals surface area contributed by atoms with E-state index in [9.17, 15) is 4.39 Å². The van der Waals surface area contributed by atoms with Crippen molar-refractivity contribution in [1.82, 2.24) is 20.4 Å². The first-order valence-electron chi connectivity index (χ1n) is 11.8. The Kier molecular flexibility index (Phi) is 8.53. The first-order valence-corrected chi connectivity index (χ1v) is 11.8. The third-order valence-electron chi connectivity index (χ3n) is 6.57. The first-order chi connectivity index (χ1) is 15.9. The number of nitrogens with one attached hydrogen (secondary N) is 2. The Balaban J connectivity index is 1.89. The quantitative estimate of drug-likeness (QED) is 0.377. The van der Waals surface area contributed by atoms with Crippen LogP contribution in [0.1, 0.15) is 38.7 Å². The molecule has 2 fully saturated rings. The molecule has 0 amide bonds. The van der Waals surface area contributed by atoms with Crippen molar-refractivity contribution in [1.29, 1.82) is 0 Å². The summed E-state index contributed by atoms with van der Waals surface area (Å²) in [6.07, 6.45) is 11.5. The molecule has 0 bridgehead atoms. The predicted octanol–water partition coefficient (Wildman–Crippen LogP) is 4.65. The summed E-state index contributed by atoms with van der Waals surface area (Å²) in [7, 11) is 2.17. The van der Waals surface area contributed by atoms with Gasteiger partial charge in [-0.05, 0) is 57.0 Å². The summed E-state index contributed by atoms with van der Waals surface area (Å²) in [6, 6.07) is 5.37. The third-order valence-corrected chi connectivity index (χ3v) is 6.57. The molecule has 1 aromatic carbocycles. The molecule has 2 aliphatic heterocycles. The van der Waals surface area contributed by atoms with E-state index in [1.165, 1.54) is 5.70 Å². The number of nitrogens with two attached hydrogens (primary N) is 1. The van der Waals surface area contributed by atoms with E-state index in [-0.39, 0.29) is 17.7 Å². The normalized spacial score (nSPS) is 23.4. The highest BCUT2D eigenvalue weighted by Gasteiger charge is 2.39. The minimum absolute atomic E-state index is 0.161. The molecular formula is C27H38FN5. The Morgan fingerprint density at radius 2 is 2.18 bits per heavy atom. The van der Waals surface area contributed by atoms with Gasteiger partial charge in [-0.2, -0.15) is 0 Å². The van der Waals surface area contributed by atoms with E-state index in [1.807, 2.05) is 6.08 Å². The molecule has 2 atom stereocenters. The summed E-state index contributed by atoms with van der Waals surface area (Å²) in [6.45, 7) is 14.9. The first kappa shape index (κ1) is 24.8. The Hall–Kier alpha value is -2.83. The van der Waals surface area contributed by atoms with E-state index >= 15 is 0 Å². The van der Waals surface area contributed by atoms with Crippen molar-refractivity contribution in [2.45, 2.75) is 51.9 Å². The fourth-order valence-electron chi connectivity index (χ4n) is 4.66. The lowest BCUT2D eigenvalue weighted by Crippen LogP contribution is -2.49. The van der Waals surface area contributed by atoms with Gasteiger partial charge in [0.25, 0.3) is 0 Å². The SMILES string of the molecule is C=C/C(=C/C=C/CC)N1/C(=C(\C)C(=C)NCc2cccc(N)c2F)CCC1C1NCCN1C. The van der Waals surface area contributed by atoms with Crippen molar-refractivity contribution >= 4 is 5.69 Å². The van der Waals surface area contributed by atoms with Gasteiger partial charge in [-0.1, -0.05) is 44.4 Å². The van der Waals surface area contributed by atoms with Crippen molar-refractivity contribution < 1.29 is 4.39 Å². The van der Waals surface area contributed by atoms with Gasteiger partial charge in [0.05, 0.1) is 17.9 Å². The fourth-order valence-corrected chi connectivity index (χ4v) is 4.66. The standard InChI is InChI=1S/C27H38FN5/c1-6-8-9-12-22(7-2)33-24(14-15-25(33)27-30-16-17-32(27)5)19(3)20(4)31-18-21-11-10-13-23(29)26(21)28/h7-13,25,27,30-31H,2,4,6,14-18,29H2,1,3,5H3/b9-8+,22-12-,24-19+. The highest BCUT2D eigenvalue weighted by atomic mass is 19.1. The number of likely N-dealkylation sites (tertiary alicyclic amines) is 1. The maximum Gasteiger partial charge on any atom is 0.151 e. The van der Waals surface area contributed by atoms with Gasteiger partial charge in [0.2, 0.25) is 0 Å². The van der Waals surface area contributed by atoms with Crippen LogP contribution in [0.25, 0.3) is 0 Å². The number of benzene rings is 1. The van der Waals surface area contributed by atoms with Crippen molar-refractivity contribution in [3.63, 3.8) is 0 Å². The van der Waals surface area contributed by atoms with Crippen LogP contribution in [0.3, 0.4) is 0 Å². The molecule has 3 rings (SSSR count). The number of nitrogens with zero attached hydrogens (tertiary/aromatic N) is 2. The maximum atomic E-state index is 14.3. The van der Waals surface area contributed by atoms with Crippen molar-refractivity contribution in [2.24, 2.45) is 0 Å². The van der Waals surface area contributed by atoms with Crippen LogP contribution >= 0.6 is 0 Å². The summed E-state index contributed by atoms with van der Waals surface area (Å²) in [5.41, 5.74) is 10.6. The van der Waals surface area contributed by atoms with Gasteiger partial charge in [-0.3, -0.25) is 10.2 Å². The van der Waals surface area contributed by atoms with Gasteiger partial charge in [0.1, 0.15) is 0 Å². The summed E-state index contributed by atoms with van der Waals surface area (Å²) >= 11 is 0. The molecule has 2 saturated heterocycles. The van der Waals surface area contributed by atoms with Crippen molar-refractivity contribution in [2.75, 3.05) is 25.9 Å². The molecule has 0 saturated carbocycles. The molecule has 5 nitrogen and oxygen atoms in total. The molecule has 33 heavy (non-hydrogen) atoms. The fraction of sp³-hybridized carbons (Fsp3) is 0.407. The third kappa shape index (κ3) is 5.57. The zero-order valence-electron chi connectivity index (χ0n) is 20.2. The van der Waals surface area contributed by atoms with Crippen LogP contribution < -0.4 is 16.4 Å². The van der Waals surface area contributed by atoms with Gasteiger partial charge in [-0.15, -0.1) is 0 Å². The second-order valence-corrected chi connectivity index (χ2v) is 8.71. The Morgan fingerprint density at radius 1 is 1.39 bits per heavy atom. The molecule has 0 aromatic heterocycles. The minimum atomic E-state index is -0.374. The van der Waals surface area contributed by atoms with Crippen LogP contribution in [0, 0.1) is 5.82 Å². The summed E-state index contributed by atoms with van der Waals surface area (Å²) in [5, 5.41) is 6.97. The lowest BCUT2D eigenvalue weighted by atomic mass is 10.1. The number of halogens is 1. The second-order valence-electron chi connectivity index (χ2n) is 8.71. The van der Waals surface area contributed by atoms with Crippen LogP contribution in [-0.4, -0.2) is 42.1 Å². The van der Waals surface area contributed by atoms with E-state index in [1.54, 1.807) is 18.2 Å². The summed E-state index contributed by atoms with van der Waals surface area (Å²) in [4.78, 5) is 4.80. The number of rotatable bonds is 9. The maximum absolute atomic E-state index is 14.3. The molecule has 0 spiro atoms. The Labute approximate surface area is 198 Å². The summed E-state index contributed by atoms with van der Waals surface area (Å²) < 4.78 is 14.3. The largest absolute Gasteiger partial charge is 0.396 e. The molecule has 1 aromatic rings. The average molecular weight is 452 g/mol. The molecule has 4 N–H and O–H groups in total. The number of likely N-dealkylation sites (N-methyl/N-ethyl adjacent to an activating group) is 1. The zero-order valence-corrected chi connectivity index (χ0v) is 20.2. The van der Waals surface area contributed by atoms with Crippen LogP contribution in [0.4, 0.5) is 10.1 Å². The number of allylic oxidation sites excluding steroid dienone is 6. The highest BCUT2D eigenvalue weighted by molar-refractivity contribution is 5.43. The summed E-state index contributed by atoms with van der Waals surface area (Å²) in [5.74, 6) is -0.374. The molecule has 0 radical (unpaired) electrons. The van der Waals surface area contributed by atoms with Crippen molar-refractivity contribution in [3.05, 3.63) is 89.7 Å². The van der Waals surface area contributed by atoms with E-state index in [4.69, 9.17) is 5.73 Å². The molecule has 178 valence electrons. The van der Waals surface area contributed by atoms with Crippen LogP contribution in [0.5, 0.6) is 0 Å². The highest BCUT2D eigenvalue weighted by Crippen LogP contribution is 2.37. The molecule has 6 heteroatoms. The molecule has 2 unspecified atom stereocenters. The lowest BCUT2D eigenvalue weighted by Gasteiger charge is -2.36. The Morgan fingerprint density at radius 3 is 2.85 bits per heavy atom. The van der Waals surface area contributed by atoms with Crippen LogP contribution in [0.2, 0.25) is 0 Å². The zero-order chi connectivity index (χ0) is 24.0. The number of hydrogen-bond acceptors (Lipinski definition) is 5. The predicted molar refractivity (Wildman–Crippen MR) is 136 cm³/mol. The monoisotopic (exact) mass is 451 g/mol. The Bertz CT molecular complexity index is 961. The van der Waals surface area contributed by atoms with E-state index < -0.39 is 0 Å². The molecule has 0 aliphatic carbocycles. The average Bonchev–Trinajstić information content (AvgIpc) is 3.43. The van der Waals surface area contributed by atoms with Crippen LogP contribution in [0.15, 0.2) is 78.3 Å². The van der Waals surface area contributed by atoms with Crippen molar-refractivity contribution in [3.8, 4) is 0 Å². The van der Waals surface area contributed by atoms with Gasteiger partial charge in [-0.25, -0.2) is 4.39 Å². The number of anilines is 1. The minimum Gasteiger partial charge on any atom is -0.396 e. The van der Waals surface area contributed by atoms with Gasteiger partial charge in [0.15, 0.2) is 5.82 Å². The van der Waals surface area contributed by atoms with E-state index in [0.717, 1.165) is 49.3 Å². The van der Waals surface area contributed by atoms with E-state index in [2.05, 4.69) is 72.7 Å². The van der Waals surface area contributed by atoms with Crippen LogP contribution in [-0.2, 0) is 6.54 Å². The number of hydrogen-bond donors (Lipinski definition) is 3. The second kappa shape index (κ2) is 11.3. The molecule has 2 heterocycles.